The molecule has 4 rings (SSSR count). The molecular weight excluding hydrogens is 402 g/mol. The number of anilines is 1. The molecule has 30 heavy (non-hydrogen) atoms. The molecule has 160 valence electrons. The van der Waals surface area contributed by atoms with Gasteiger partial charge < -0.3 is 4.42 Å². The molecule has 0 saturated carbocycles. The van der Waals surface area contributed by atoms with E-state index in [-0.39, 0.29) is 4.90 Å². The van der Waals surface area contributed by atoms with Crippen LogP contribution >= 0.6 is 0 Å². The Bertz CT molecular complexity index is 1050. The number of aryl methyl sites for hydroxylation is 2. The van der Waals surface area contributed by atoms with Gasteiger partial charge in [-0.25, -0.2) is 8.42 Å². The molecule has 3 heterocycles. The third-order valence-corrected chi connectivity index (χ3v) is 7.01. The summed E-state index contributed by atoms with van der Waals surface area (Å²) in [6, 6.07) is 11.5. The van der Waals surface area contributed by atoms with E-state index in [1.807, 2.05) is 36.4 Å². The zero-order chi connectivity index (χ0) is 21.1. The number of piperazine rings is 1. The smallest absolute Gasteiger partial charge is 0.265 e. The van der Waals surface area contributed by atoms with E-state index < -0.39 is 10.0 Å². The summed E-state index contributed by atoms with van der Waals surface area (Å²) in [6.45, 7) is 9.07. The summed E-state index contributed by atoms with van der Waals surface area (Å²) in [5, 5.41) is 6.69. The molecule has 0 unspecified atom stereocenters. The van der Waals surface area contributed by atoms with Crippen LogP contribution in [-0.4, -0.2) is 54.6 Å². The number of hydrogen-bond acceptors (Lipinski definition) is 6. The monoisotopic (exact) mass is 429 g/mol. The van der Waals surface area contributed by atoms with Gasteiger partial charge in [0.15, 0.2) is 0 Å². The van der Waals surface area contributed by atoms with Crippen LogP contribution in [0.2, 0.25) is 0 Å². The first kappa shape index (κ1) is 20.6. The molecule has 2 aromatic heterocycles. The van der Waals surface area contributed by atoms with E-state index >= 15 is 0 Å². The predicted molar refractivity (Wildman–Crippen MR) is 115 cm³/mol. The number of benzene rings is 1. The highest BCUT2D eigenvalue weighted by Gasteiger charge is 2.22. The molecular formula is C21H27N5O3S. The van der Waals surface area contributed by atoms with Crippen molar-refractivity contribution in [3.63, 3.8) is 0 Å². The number of aromatic amines is 1. The van der Waals surface area contributed by atoms with Crippen molar-refractivity contribution in [3.8, 4) is 0 Å². The van der Waals surface area contributed by atoms with Crippen LogP contribution in [0, 0.1) is 13.8 Å². The van der Waals surface area contributed by atoms with Gasteiger partial charge in [-0.05, 0) is 43.7 Å². The highest BCUT2D eigenvalue weighted by Crippen LogP contribution is 2.21. The Labute approximate surface area is 176 Å². The number of H-pyrrole nitrogens is 1. The molecule has 0 aliphatic carbocycles. The number of furan rings is 1. The average Bonchev–Trinajstić information content (AvgIpc) is 3.34. The maximum atomic E-state index is 12.7. The first-order valence-electron chi connectivity index (χ1n) is 10.0. The maximum absolute atomic E-state index is 12.7. The summed E-state index contributed by atoms with van der Waals surface area (Å²) in [5.41, 5.74) is 2.70. The fourth-order valence-corrected chi connectivity index (χ4v) is 5.24. The van der Waals surface area contributed by atoms with Gasteiger partial charge in [-0.3, -0.25) is 19.6 Å². The van der Waals surface area contributed by atoms with Crippen molar-refractivity contribution in [1.29, 1.82) is 0 Å². The van der Waals surface area contributed by atoms with Crippen LogP contribution in [0.25, 0.3) is 0 Å². The van der Waals surface area contributed by atoms with Crippen LogP contribution in [0.15, 0.2) is 52.0 Å². The fourth-order valence-electron chi connectivity index (χ4n) is 3.81. The van der Waals surface area contributed by atoms with E-state index in [9.17, 15) is 8.42 Å². The van der Waals surface area contributed by atoms with E-state index in [2.05, 4.69) is 24.7 Å². The molecule has 1 aliphatic rings. The van der Waals surface area contributed by atoms with Crippen LogP contribution in [0.4, 0.5) is 5.69 Å². The third kappa shape index (κ3) is 4.75. The minimum atomic E-state index is -3.67. The lowest BCUT2D eigenvalue weighted by Crippen LogP contribution is -2.45. The number of aromatic nitrogens is 2. The van der Waals surface area contributed by atoms with Gasteiger partial charge in [0, 0.05) is 38.4 Å². The van der Waals surface area contributed by atoms with Gasteiger partial charge in [-0.15, -0.1) is 0 Å². The van der Waals surface area contributed by atoms with Crippen molar-refractivity contribution in [2.45, 2.75) is 31.8 Å². The van der Waals surface area contributed by atoms with E-state index in [4.69, 9.17) is 4.42 Å². The zero-order valence-corrected chi connectivity index (χ0v) is 18.1. The maximum Gasteiger partial charge on any atom is 0.265 e. The van der Waals surface area contributed by atoms with Crippen LogP contribution in [-0.2, 0) is 23.1 Å². The van der Waals surface area contributed by atoms with E-state index in [1.165, 1.54) is 0 Å². The summed E-state index contributed by atoms with van der Waals surface area (Å²) in [6.07, 6.45) is 1.72. The molecule has 0 amide bonds. The van der Waals surface area contributed by atoms with E-state index in [0.717, 1.165) is 50.6 Å². The topological polar surface area (TPSA) is 94.5 Å². The van der Waals surface area contributed by atoms with Crippen molar-refractivity contribution < 1.29 is 12.8 Å². The summed E-state index contributed by atoms with van der Waals surface area (Å²) >= 11 is 0. The van der Waals surface area contributed by atoms with Gasteiger partial charge in [0.05, 0.1) is 24.2 Å². The summed E-state index contributed by atoms with van der Waals surface area (Å²) in [7, 11) is -3.67. The Balaban J connectivity index is 1.31. The number of nitrogens with one attached hydrogen (secondary N) is 2. The van der Waals surface area contributed by atoms with Crippen LogP contribution in [0.3, 0.4) is 0 Å². The molecule has 2 N–H and O–H groups in total. The quantitative estimate of drug-likeness (QED) is 0.600. The molecule has 0 atom stereocenters. The lowest BCUT2D eigenvalue weighted by Gasteiger charge is -2.34. The van der Waals surface area contributed by atoms with Crippen molar-refractivity contribution in [1.82, 2.24) is 20.0 Å². The largest absolute Gasteiger partial charge is 0.468 e. The molecule has 0 spiro atoms. The first-order valence-corrected chi connectivity index (χ1v) is 11.5. The molecule has 8 nitrogen and oxygen atoms in total. The standard InChI is InChI=1S/C21H27N5O3S/c1-16-21(17(2)23-22-16)30(27,28)24-19-7-5-18(6-8-19)14-25-9-11-26(12-10-25)15-20-4-3-13-29-20/h3-8,13,24H,9-12,14-15H2,1-2H3,(H,22,23). The third-order valence-electron chi connectivity index (χ3n) is 5.37. The zero-order valence-electron chi connectivity index (χ0n) is 17.3. The lowest BCUT2D eigenvalue weighted by molar-refractivity contribution is 0.116. The molecule has 9 heteroatoms. The number of sulfonamides is 1. The fraction of sp³-hybridized carbons (Fsp3) is 0.381. The van der Waals surface area contributed by atoms with Gasteiger partial charge in [0.25, 0.3) is 10.0 Å². The summed E-state index contributed by atoms with van der Waals surface area (Å²) in [4.78, 5) is 5.02. The molecule has 0 bridgehead atoms. The van der Waals surface area contributed by atoms with Gasteiger partial charge in [-0.2, -0.15) is 5.10 Å². The molecule has 1 saturated heterocycles. The molecule has 3 aromatic rings. The average molecular weight is 430 g/mol. The van der Waals surface area contributed by atoms with Gasteiger partial charge in [0.1, 0.15) is 10.7 Å². The normalized spacial score (nSPS) is 16.1. The van der Waals surface area contributed by atoms with Gasteiger partial charge >= 0.3 is 0 Å². The molecule has 1 aromatic carbocycles. The Morgan fingerprint density at radius 2 is 1.70 bits per heavy atom. The number of rotatable bonds is 7. The SMILES string of the molecule is Cc1n[nH]c(C)c1S(=O)(=O)Nc1ccc(CN2CCN(Cc3ccco3)CC2)cc1. The van der Waals surface area contributed by atoms with E-state index in [1.54, 1.807) is 20.1 Å². The van der Waals surface area contributed by atoms with Crippen LogP contribution < -0.4 is 4.72 Å². The summed E-state index contributed by atoms with van der Waals surface area (Å²) in [5.74, 6) is 1.00. The Morgan fingerprint density at radius 1 is 1.03 bits per heavy atom. The first-order chi connectivity index (χ1) is 14.4. The highest BCUT2D eigenvalue weighted by atomic mass is 32.2. The Hall–Kier alpha value is -2.62. The molecule has 0 radical (unpaired) electrons. The van der Waals surface area contributed by atoms with Gasteiger partial charge in [0.2, 0.25) is 0 Å². The second kappa shape index (κ2) is 8.63. The second-order valence-electron chi connectivity index (χ2n) is 7.70. The van der Waals surface area contributed by atoms with Crippen LogP contribution in [0.1, 0.15) is 22.7 Å². The van der Waals surface area contributed by atoms with E-state index in [0.29, 0.717) is 17.1 Å². The van der Waals surface area contributed by atoms with Crippen molar-refractivity contribution in [2.75, 3.05) is 30.9 Å². The lowest BCUT2D eigenvalue weighted by atomic mass is 10.2. The minimum Gasteiger partial charge on any atom is -0.468 e. The number of hydrogen-bond donors (Lipinski definition) is 2. The minimum absolute atomic E-state index is 0.207. The second-order valence-corrected chi connectivity index (χ2v) is 9.32. The Kier molecular flexibility index (Phi) is 5.94. The Morgan fingerprint density at radius 3 is 2.27 bits per heavy atom. The number of nitrogens with zero attached hydrogens (tertiary/aromatic N) is 3. The van der Waals surface area contributed by atoms with Crippen molar-refractivity contribution in [2.24, 2.45) is 0 Å². The summed E-state index contributed by atoms with van der Waals surface area (Å²) < 4.78 is 33.4. The van der Waals surface area contributed by atoms with Gasteiger partial charge in [-0.1, -0.05) is 12.1 Å². The predicted octanol–water partition coefficient (Wildman–Crippen LogP) is 2.74. The molecule has 1 fully saturated rings. The highest BCUT2D eigenvalue weighted by molar-refractivity contribution is 7.92. The van der Waals surface area contributed by atoms with Crippen LogP contribution in [0.5, 0.6) is 0 Å². The molecule has 1 aliphatic heterocycles. The van der Waals surface area contributed by atoms with Crippen molar-refractivity contribution >= 4 is 15.7 Å². The van der Waals surface area contributed by atoms with Crippen molar-refractivity contribution in [3.05, 3.63) is 65.4 Å².